The zero-order valence-corrected chi connectivity index (χ0v) is 18.8. The molecule has 2 amide bonds. The lowest BCUT2D eigenvalue weighted by atomic mass is 10.1. The number of sulfonamides is 1. The number of amides is 2. The van der Waals surface area contributed by atoms with Crippen LogP contribution in [-0.4, -0.2) is 39.1 Å². The Morgan fingerprint density at radius 3 is 2.23 bits per heavy atom. The Morgan fingerprint density at radius 1 is 1.07 bits per heavy atom. The summed E-state index contributed by atoms with van der Waals surface area (Å²) in [6.45, 7) is 7.19. The number of nitrogens with zero attached hydrogens (tertiary/aromatic N) is 1. The molecule has 0 radical (unpaired) electrons. The van der Waals surface area contributed by atoms with E-state index in [1.165, 1.54) is 0 Å². The van der Waals surface area contributed by atoms with Crippen LogP contribution in [0.15, 0.2) is 42.5 Å². The fourth-order valence-corrected chi connectivity index (χ4v) is 3.85. The average Bonchev–Trinajstić information content (AvgIpc) is 2.64. The van der Waals surface area contributed by atoms with Gasteiger partial charge in [0.2, 0.25) is 15.9 Å². The summed E-state index contributed by atoms with van der Waals surface area (Å²) >= 11 is 0. The predicted molar refractivity (Wildman–Crippen MR) is 120 cm³/mol. The lowest BCUT2D eigenvalue weighted by molar-refractivity contribution is -0.114. The van der Waals surface area contributed by atoms with Gasteiger partial charge in [-0.05, 0) is 62.6 Å². The number of anilines is 2. The van der Waals surface area contributed by atoms with E-state index in [1.54, 1.807) is 36.4 Å². The van der Waals surface area contributed by atoms with Gasteiger partial charge in [0.25, 0.3) is 5.91 Å². The summed E-state index contributed by atoms with van der Waals surface area (Å²) < 4.78 is 25.8. The second-order valence-electron chi connectivity index (χ2n) is 7.49. The van der Waals surface area contributed by atoms with Gasteiger partial charge >= 0.3 is 0 Å². The first kappa shape index (κ1) is 23.4. The molecule has 0 unspecified atom stereocenters. The number of carbonyl (C=O) groups is 2. The van der Waals surface area contributed by atoms with Gasteiger partial charge in [0.1, 0.15) is 6.54 Å². The lowest BCUT2D eigenvalue weighted by Gasteiger charge is -2.23. The Hall–Kier alpha value is -2.87. The quantitative estimate of drug-likeness (QED) is 0.671. The largest absolute Gasteiger partial charge is 0.350 e. The Morgan fingerprint density at radius 2 is 1.67 bits per heavy atom. The van der Waals surface area contributed by atoms with Crippen molar-refractivity contribution in [1.29, 1.82) is 0 Å². The van der Waals surface area contributed by atoms with E-state index >= 15 is 0 Å². The van der Waals surface area contributed by atoms with Crippen molar-refractivity contribution >= 4 is 33.2 Å². The number of para-hydroxylation sites is 1. The second-order valence-corrected chi connectivity index (χ2v) is 9.40. The van der Waals surface area contributed by atoms with Crippen molar-refractivity contribution in [2.24, 2.45) is 0 Å². The highest BCUT2D eigenvalue weighted by Crippen LogP contribution is 2.22. The van der Waals surface area contributed by atoms with Crippen molar-refractivity contribution in [3.8, 4) is 0 Å². The second kappa shape index (κ2) is 9.75. The summed E-state index contributed by atoms with van der Waals surface area (Å²) in [7, 11) is -3.69. The third kappa shape index (κ3) is 6.32. The highest BCUT2D eigenvalue weighted by Gasteiger charge is 2.22. The van der Waals surface area contributed by atoms with E-state index in [-0.39, 0.29) is 11.9 Å². The Labute approximate surface area is 178 Å². The van der Waals surface area contributed by atoms with Gasteiger partial charge in [-0.1, -0.05) is 25.1 Å². The molecular formula is C22H29N3O4S. The van der Waals surface area contributed by atoms with Crippen molar-refractivity contribution in [3.05, 3.63) is 59.2 Å². The molecule has 2 aromatic rings. The van der Waals surface area contributed by atoms with Gasteiger partial charge in [-0.2, -0.15) is 0 Å². The molecular weight excluding hydrogens is 402 g/mol. The van der Waals surface area contributed by atoms with Gasteiger partial charge in [0.15, 0.2) is 0 Å². The number of nitrogens with one attached hydrogen (secondary N) is 2. The zero-order valence-electron chi connectivity index (χ0n) is 18.0. The zero-order chi connectivity index (χ0) is 22.5. The van der Waals surface area contributed by atoms with Crippen molar-refractivity contribution in [2.45, 2.75) is 40.2 Å². The number of hydrogen-bond acceptors (Lipinski definition) is 4. The molecule has 0 saturated carbocycles. The lowest BCUT2D eigenvalue weighted by Crippen LogP contribution is -2.38. The molecule has 0 aromatic heterocycles. The third-order valence-electron chi connectivity index (χ3n) is 4.62. The van der Waals surface area contributed by atoms with Gasteiger partial charge in [-0.25, -0.2) is 8.42 Å². The summed E-state index contributed by atoms with van der Waals surface area (Å²) in [5.74, 6) is -0.835. The highest BCUT2D eigenvalue weighted by atomic mass is 32.2. The van der Waals surface area contributed by atoms with Crippen LogP contribution in [0.1, 0.15) is 41.8 Å². The first-order valence-electron chi connectivity index (χ1n) is 9.77. The van der Waals surface area contributed by atoms with Gasteiger partial charge in [-0.3, -0.25) is 13.9 Å². The first-order chi connectivity index (χ1) is 14.0. The summed E-state index contributed by atoms with van der Waals surface area (Å²) in [5.41, 5.74) is 2.87. The molecule has 30 heavy (non-hydrogen) atoms. The maximum absolute atomic E-state index is 12.7. The van der Waals surface area contributed by atoms with Gasteiger partial charge in [0, 0.05) is 6.04 Å². The summed E-state index contributed by atoms with van der Waals surface area (Å²) in [5, 5.41) is 5.54. The molecule has 2 aromatic carbocycles. The molecule has 2 N–H and O–H groups in total. The molecule has 0 bridgehead atoms. The van der Waals surface area contributed by atoms with Crippen LogP contribution in [-0.2, 0) is 14.8 Å². The highest BCUT2D eigenvalue weighted by molar-refractivity contribution is 7.92. The molecule has 0 aliphatic rings. The van der Waals surface area contributed by atoms with E-state index in [2.05, 4.69) is 10.6 Å². The molecule has 0 fully saturated rings. The smallest absolute Gasteiger partial charge is 0.253 e. The van der Waals surface area contributed by atoms with Crippen molar-refractivity contribution in [3.63, 3.8) is 0 Å². The maximum atomic E-state index is 12.7. The van der Waals surface area contributed by atoms with E-state index in [4.69, 9.17) is 0 Å². The molecule has 7 nitrogen and oxygen atoms in total. The topological polar surface area (TPSA) is 95.6 Å². The normalized spacial score (nSPS) is 12.2. The molecule has 162 valence electrons. The number of rotatable bonds is 8. The molecule has 0 spiro atoms. The minimum Gasteiger partial charge on any atom is -0.350 e. The molecule has 0 heterocycles. The summed E-state index contributed by atoms with van der Waals surface area (Å²) in [4.78, 5) is 25.2. The van der Waals surface area contributed by atoms with Crippen molar-refractivity contribution in [2.75, 3.05) is 22.4 Å². The van der Waals surface area contributed by atoms with E-state index in [1.807, 2.05) is 33.8 Å². The number of benzene rings is 2. The van der Waals surface area contributed by atoms with Crippen molar-refractivity contribution < 1.29 is 18.0 Å². The maximum Gasteiger partial charge on any atom is 0.253 e. The number of hydrogen-bond donors (Lipinski definition) is 2. The van der Waals surface area contributed by atoms with E-state index < -0.39 is 22.5 Å². The predicted octanol–water partition coefficient (Wildman–Crippen LogP) is 3.24. The molecule has 8 heteroatoms. The van der Waals surface area contributed by atoms with Crippen LogP contribution in [0.3, 0.4) is 0 Å². The first-order valence-corrected chi connectivity index (χ1v) is 11.6. The van der Waals surface area contributed by atoms with Gasteiger partial charge in [0.05, 0.1) is 23.2 Å². The van der Waals surface area contributed by atoms with Crippen LogP contribution in [0.5, 0.6) is 0 Å². The molecule has 2 rings (SSSR count). The van der Waals surface area contributed by atoms with Crippen LogP contribution in [0.25, 0.3) is 0 Å². The van der Waals surface area contributed by atoms with Crippen LogP contribution in [0.4, 0.5) is 11.4 Å². The number of aryl methyl sites for hydroxylation is 2. The number of carbonyl (C=O) groups excluding carboxylic acids is 2. The summed E-state index contributed by atoms with van der Waals surface area (Å²) in [6.07, 6.45) is 1.84. The van der Waals surface area contributed by atoms with Gasteiger partial charge in [-0.15, -0.1) is 0 Å². The molecule has 0 aliphatic heterocycles. The fraction of sp³-hybridized carbons (Fsp3) is 0.364. The van der Waals surface area contributed by atoms with E-state index in [0.29, 0.717) is 16.9 Å². The Balaban J connectivity index is 2.26. The monoisotopic (exact) mass is 431 g/mol. The van der Waals surface area contributed by atoms with Crippen LogP contribution in [0.2, 0.25) is 0 Å². The third-order valence-corrected chi connectivity index (χ3v) is 5.76. The standard InChI is InChI=1S/C22H29N3O4S/c1-6-17(4)23-22(27)19-9-7-8-10-20(19)24-21(26)14-25(30(5,28)29)18-12-15(2)11-16(3)13-18/h7-13,17H,6,14H2,1-5H3,(H,23,27)(H,24,26)/t17-/m0/s1. The fourth-order valence-electron chi connectivity index (χ4n) is 3.01. The minimum atomic E-state index is -3.69. The molecule has 0 aliphatic carbocycles. The van der Waals surface area contributed by atoms with Crippen molar-refractivity contribution in [1.82, 2.24) is 5.32 Å². The van der Waals surface area contributed by atoms with E-state index in [9.17, 15) is 18.0 Å². The minimum absolute atomic E-state index is 0.00783. The molecule has 0 saturated heterocycles. The van der Waals surface area contributed by atoms with Crippen LogP contribution < -0.4 is 14.9 Å². The Bertz CT molecular complexity index is 1010. The van der Waals surface area contributed by atoms with Gasteiger partial charge < -0.3 is 10.6 Å². The van der Waals surface area contributed by atoms with Crippen LogP contribution >= 0.6 is 0 Å². The van der Waals surface area contributed by atoms with E-state index in [0.717, 1.165) is 28.1 Å². The van der Waals surface area contributed by atoms with Crippen LogP contribution in [0, 0.1) is 13.8 Å². The molecule has 1 atom stereocenters. The SMILES string of the molecule is CC[C@H](C)NC(=O)c1ccccc1NC(=O)CN(c1cc(C)cc(C)c1)S(C)(=O)=O. The average molecular weight is 432 g/mol. The Kier molecular flexibility index (Phi) is 7.61. The summed E-state index contributed by atoms with van der Waals surface area (Å²) in [6, 6.07) is 12.0.